The Kier molecular flexibility index (Phi) is 5.60. The highest BCUT2D eigenvalue weighted by Crippen LogP contribution is 2.26. The van der Waals surface area contributed by atoms with Crippen LogP contribution >= 0.6 is 35.4 Å². The van der Waals surface area contributed by atoms with Crippen molar-refractivity contribution in [3.05, 3.63) is 61.4 Å². The lowest BCUT2D eigenvalue weighted by molar-refractivity contribution is 0.659. The van der Waals surface area contributed by atoms with Crippen LogP contribution in [0.5, 0.6) is 0 Å². The first-order valence-electron chi connectivity index (χ1n) is 8.10. The molecular weight excluding hydrogens is 391 g/mol. The van der Waals surface area contributed by atoms with Gasteiger partial charge in [0.05, 0.1) is 18.5 Å². The molecule has 9 heteroatoms. The molecule has 0 aliphatic carbocycles. The Morgan fingerprint density at radius 3 is 2.62 bits per heavy atom. The molecule has 0 bridgehead atoms. The van der Waals surface area contributed by atoms with E-state index in [1.165, 1.54) is 0 Å². The molecule has 26 heavy (non-hydrogen) atoms. The van der Waals surface area contributed by atoms with Gasteiger partial charge in [0.25, 0.3) is 0 Å². The van der Waals surface area contributed by atoms with Crippen LogP contribution in [0.4, 0.5) is 0 Å². The molecule has 0 aliphatic rings. The standard InChI is InChI=1S/C17H18Cl2N6S/c1-4-16-21-22-17(26)25(16)20-8-12-10(2)23-24(11(12)3)9-13-14(18)6-5-7-15(13)19/h5-8H,4,9H2,1-3H3,(H,22,26)/b20-8-. The van der Waals surface area contributed by atoms with Gasteiger partial charge in [-0.3, -0.25) is 9.78 Å². The first-order chi connectivity index (χ1) is 12.4. The molecule has 1 aromatic carbocycles. The van der Waals surface area contributed by atoms with Crippen molar-refractivity contribution in [2.75, 3.05) is 0 Å². The molecule has 0 unspecified atom stereocenters. The van der Waals surface area contributed by atoms with Gasteiger partial charge in [-0.05, 0) is 38.2 Å². The van der Waals surface area contributed by atoms with E-state index in [-0.39, 0.29) is 0 Å². The molecule has 0 saturated carbocycles. The summed E-state index contributed by atoms with van der Waals surface area (Å²) in [7, 11) is 0. The van der Waals surface area contributed by atoms with E-state index in [4.69, 9.17) is 35.4 Å². The predicted octanol–water partition coefficient (Wildman–Crippen LogP) is 4.55. The van der Waals surface area contributed by atoms with Crippen LogP contribution in [0.15, 0.2) is 23.3 Å². The van der Waals surface area contributed by atoms with E-state index in [2.05, 4.69) is 20.4 Å². The van der Waals surface area contributed by atoms with E-state index in [1.807, 2.05) is 43.7 Å². The third-order valence-corrected chi connectivity index (χ3v) is 5.12. The lowest BCUT2D eigenvalue weighted by Gasteiger charge is -2.08. The maximum absolute atomic E-state index is 6.28. The topological polar surface area (TPSA) is 63.8 Å². The Labute approximate surface area is 166 Å². The van der Waals surface area contributed by atoms with Crippen LogP contribution in [0.2, 0.25) is 10.0 Å². The number of aryl methyl sites for hydroxylation is 2. The molecule has 6 nitrogen and oxygen atoms in total. The first-order valence-corrected chi connectivity index (χ1v) is 9.26. The van der Waals surface area contributed by atoms with Gasteiger partial charge in [0.2, 0.25) is 4.77 Å². The van der Waals surface area contributed by atoms with E-state index in [0.29, 0.717) is 21.4 Å². The number of hydrogen-bond donors (Lipinski definition) is 1. The maximum atomic E-state index is 6.28. The summed E-state index contributed by atoms with van der Waals surface area (Å²) in [6.45, 7) is 6.42. The molecular formula is C17H18Cl2N6S. The van der Waals surface area contributed by atoms with Gasteiger partial charge in [0.15, 0.2) is 5.82 Å². The number of hydrogen-bond acceptors (Lipinski definition) is 4. The SMILES string of the molecule is CCc1n[nH]c(=S)n1/N=C\c1c(C)nn(Cc2c(Cl)cccc2Cl)c1C. The van der Waals surface area contributed by atoms with Crippen LogP contribution in [0, 0.1) is 18.6 Å². The molecule has 0 fully saturated rings. The number of rotatable bonds is 5. The number of nitrogens with zero attached hydrogens (tertiary/aromatic N) is 5. The number of benzene rings is 1. The summed E-state index contributed by atoms with van der Waals surface area (Å²) in [6, 6.07) is 5.47. The predicted molar refractivity (Wildman–Crippen MR) is 107 cm³/mol. The van der Waals surface area contributed by atoms with Crippen LogP contribution in [-0.2, 0) is 13.0 Å². The first kappa shape index (κ1) is 18.8. The molecule has 2 aromatic heterocycles. The molecule has 0 radical (unpaired) electrons. The van der Waals surface area contributed by atoms with Crippen molar-refractivity contribution in [1.29, 1.82) is 0 Å². The summed E-state index contributed by atoms with van der Waals surface area (Å²) in [5.41, 5.74) is 3.60. The van der Waals surface area contributed by atoms with Gasteiger partial charge in [-0.1, -0.05) is 36.2 Å². The second-order valence-electron chi connectivity index (χ2n) is 5.80. The zero-order valence-electron chi connectivity index (χ0n) is 14.6. The van der Waals surface area contributed by atoms with Gasteiger partial charge >= 0.3 is 0 Å². The normalized spacial score (nSPS) is 11.6. The lowest BCUT2D eigenvalue weighted by Crippen LogP contribution is -2.05. The Bertz CT molecular complexity index is 1010. The van der Waals surface area contributed by atoms with Crippen molar-refractivity contribution >= 4 is 41.6 Å². The Morgan fingerprint density at radius 1 is 1.27 bits per heavy atom. The monoisotopic (exact) mass is 408 g/mol. The fourth-order valence-electron chi connectivity index (χ4n) is 2.67. The van der Waals surface area contributed by atoms with Crippen LogP contribution in [-0.4, -0.2) is 30.9 Å². The average Bonchev–Trinajstić information content (AvgIpc) is 3.09. The minimum atomic E-state index is 0.462. The van der Waals surface area contributed by atoms with Gasteiger partial charge in [0.1, 0.15) is 0 Å². The van der Waals surface area contributed by atoms with Gasteiger partial charge in [-0.25, -0.2) is 0 Å². The van der Waals surface area contributed by atoms with Crippen molar-refractivity contribution < 1.29 is 0 Å². The van der Waals surface area contributed by atoms with Gasteiger partial charge in [-0.15, -0.1) is 0 Å². The largest absolute Gasteiger partial charge is 0.264 e. The molecule has 0 saturated heterocycles. The Balaban J connectivity index is 1.95. The van der Waals surface area contributed by atoms with Gasteiger partial charge in [-0.2, -0.15) is 20.0 Å². The second kappa shape index (κ2) is 7.73. The number of halogens is 2. The number of H-pyrrole nitrogens is 1. The smallest absolute Gasteiger partial charge is 0.216 e. The molecule has 3 rings (SSSR count). The zero-order chi connectivity index (χ0) is 18.8. The summed E-state index contributed by atoms with van der Waals surface area (Å²) < 4.78 is 3.96. The Hall–Kier alpha value is -1.96. The van der Waals surface area contributed by atoms with E-state index in [9.17, 15) is 0 Å². The molecule has 0 atom stereocenters. The van der Waals surface area contributed by atoms with Crippen molar-refractivity contribution in [2.45, 2.75) is 33.7 Å². The van der Waals surface area contributed by atoms with Crippen LogP contribution < -0.4 is 0 Å². The van der Waals surface area contributed by atoms with E-state index < -0.39 is 0 Å². The summed E-state index contributed by atoms with van der Waals surface area (Å²) in [5, 5.41) is 17.2. The fourth-order valence-corrected chi connectivity index (χ4v) is 3.39. The number of aromatic nitrogens is 5. The van der Waals surface area contributed by atoms with Crippen molar-refractivity contribution in [3.63, 3.8) is 0 Å². The molecule has 0 aliphatic heterocycles. The van der Waals surface area contributed by atoms with E-state index >= 15 is 0 Å². The van der Waals surface area contributed by atoms with Crippen LogP contribution in [0.25, 0.3) is 0 Å². The van der Waals surface area contributed by atoms with Crippen molar-refractivity contribution in [2.24, 2.45) is 5.10 Å². The van der Waals surface area contributed by atoms with Crippen LogP contribution in [0.3, 0.4) is 0 Å². The summed E-state index contributed by atoms with van der Waals surface area (Å²) in [5.74, 6) is 0.775. The molecule has 3 aromatic rings. The van der Waals surface area contributed by atoms with Crippen molar-refractivity contribution in [3.8, 4) is 0 Å². The van der Waals surface area contributed by atoms with Crippen LogP contribution in [0.1, 0.15) is 35.3 Å². The minimum absolute atomic E-state index is 0.462. The lowest BCUT2D eigenvalue weighted by atomic mass is 10.2. The molecule has 1 N–H and O–H groups in total. The summed E-state index contributed by atoms with van der Waals surface area (Å²) >= 11 is 17.8. The highest BCUT2D eigenvalue weighted by atomic mass is 35.5. The molecule has 2 heterocycles. The Morgan fingerprint density at radius 2 is 1.96 bits per heavy atom. The molecule has 0 spiro atoms. The second-order valence-corrected chi connectivity index (χ2v) is 7.00. The molecule has 0 amide bonds. The zero-order valence-corrected chi connectivity index (χ0v) is 17.0. The van der Waals surface area contributed by atoms with Gasteiger partial charge < -0.3 is 0 Å². The minimum Gasteiger partial charge on any atom is -0.264 e. The quantitative estimate of drug-likeness (QED) is 0.497. The third-order valence-electron chi connectivity index (χ3n) is 4.14. The summed E-state index contributed by atoms with van der Waals surface area (Å²) in [6.07, 6.45) is 2.49. The van der Waals surface area contributed by atoms with Gasteiger partial charge in [0, 0.05) is 33.3 Å². The number of aromatic amines is 1. The highest BCUT2D eigenvalue weighted by molar-refractivity contribution is 7.71. The summed E-state index contributed by atoms with van der Waals surface area (Å²) in [4.78, 5) is 0. The molecule has 136 valence electrons. The van der Waals surface area contributed by atoms with E-state index in [1.54, 1.807) is 10.9 Å². The van der Waals surface area contributed by atoms with Crippen molar-refractivity contribution in [1.82, 2.24) is 24.7 Å². The fraction of sp³-hybridized carbons (Fsp3) is 0.294. The number of nitrogens with one attached hydrogen (secondary N) is 1. The highest BCUT2D eigenvalue weighted by Gasteiger charge is 2.13. The third kappa shape index (κ3) is 3.60. The van der Waals surface area contributed by atoms with E-state index in [0.717, 1.165) is 34.8 Å². The average molecular weight is 409 g/mol. The maximum Gasteiger partial charge on any atom is 0.216 e.